The number of Topliss-reactive ketones (excluding diaryl/α,β-unsaturated/α-hetero) is 1. The van der Waals surface area contributed by atoms with E-state index in [4.69, 9.17) is 5.26 Å². The van der Waals surface area contributed by atoms with Gasteiger partial charge < -0.3 is 15.7 Å². The number of anilines is 2. The SMILES string of the molecule is CC(=O)c1ccc(NC(=O)/C(C#N)=C\Nc2cc(C)ccc2O)cc1. The zero-order valence-corrected chi connectivity index (χ0v) is 13.8. The number of carbonyl (C=O) groups excluding carboxylic acids is 2. The number of nitriles is 1. The van der Waals surface area contributed by atoms with Gasteiger partial charge in [0.1, 0.15) is 17.4 Å². The third-order valence-electron chi connectivity index (χ3n) is 3.44. The smallest absolute Gasteiger partial charge is 0.267 e. The van der Waals surface area contributed by atoms with Crippen molar-refractivity contribution in [3.05, 3.63) is 65.4 Å². The zero-order valence-electron chi connectivity index (χ0n) is 13.8. The molecule has 6 nitrogen and oxygen atoms in total. The Labute approximate surface area is 145 Å². The molecule has 0 aromatic heterocycles. The van der Waals surface area contributed by atoms with Gasteiger partial charge in [-0.1, -0.05) is 6.07 Å². The fourth-order valence-corrected chi connectivity index (χ4v) is 2.05. The Morgan fingerprint density at radius 1 is 1.16 bits per heavy atom. The lowest BCUT2D eigenvalue weighted by atomic mass is 10.1. The van der Waals surface area contributed by atoms with E-state index < -0.39 is 5.91 Å². The number of aryl methyl sites for hydroxylation is 1. The number of ketones is 1. The van der Waals surface area contributed by atoms with Gasteiger partial charge in [0.05, 0.1) is 5.69 Å². The number of hydrogen-bond donors (Lipinski definition) is 3. The molecule has 0 aliphatic carbocycles. The van der Waals surface area contributed by atoms with E-state index in [0.717, 1.165) is 5.56 Å². The molecule has 0 saturated carbocycles. The van der Waals surface area contributed by atoms with Crippen molar-refractivity contribution in [2.45, 2.75) is 13.8 Å². The molecule has 0 unspecified atom stereocenters. The molecule has 0 radical (unpaired) electrons. The second-order valence-corrected chi connectivity index (χ2v) is 5.42. The number of rotatable bonds is 5. The van der Waals surface area contributed by atoms with Crippen LogP contribution in [0.15, 0.2) is 54.2 Å². The van der Waals surface area contributed by atoms with Crippen molar-refractivity contribution in [1.82, 2.24) is 0 Å². The number of benzene rings is 2. The topological polar surface area (TPSA) is 102 Å². The van der Waals surface area contributed by atoms with Crippen molar-refractivity contribution in [1.29, 1.82) is 5.26 Å². The van der Waals surface area contributed by atoms with Crippen molar-refractivity contribution in [3.63, 3.8) is 0 Å². The first-order valence-corrected chi connectivity index (χ1v) is 7.49. The van der Waals surface area contributed by atoms with Crippen LogP contribution in [0.4, 0.5) is 11.4 Å². The Morgan fingerprint density at radius 2 is 1.84 bits per heavy atom. The van der Waals surface area contributed by atoms with Crippen molar-refractivity contribution in [2.75, 3.05) is 10.6 Å². The van der Waals surface area contributed by atoms with Crippen LogP contribution in [0.25, 0.3) is 0 Å². The largest absolute Gasteiger partial charge is 0.506 e. The number of aromatic hydroxyl groups is 1. The average molecular weight is 335 g/mol. The van der Waals surface area contributed by atoms with E-state index in [0.29, 0.717) is 16.9 Å². The fraction of sp³-hybridized carbons (Fsp3) is 0.105. The maximum atomic E-state index is 12.2. The summed E-state index contributed by atoms with van der Waals surface area (Å²) >= 11 is 0. The van der Waals surface area contributed by atoms with Gasteiger partial charge in [0.25, 0.3) is 5.91 Å². The standard InChI is InChI=1S/C19H17N3O3/c1-12-3-8-18(24)17(9-12)21-11-15(10-20)19(25)22-16-6-4-14(5-7-16)13(2)23/h3-9,11,21,24H,1-2H3,(H,22,25)/b15-11-. The first-order chi connectivity index (χ1) is 11.9. The summed E-state index contributed by atoms with van der Waals surface area (Å²) in [7, 11) is 0. The normalized spacial score (nSPS) is 10.7. The van der Waals surface area contributed by atoms with E-state index >= 15 is 0 Å². The molecular weight excluding hydrogens is 318 g/mol. The number of nitrogens with one attached hydrogen (secondary N) is 2. The van der Waals surface area contributed by atoms with Crippen LogP contribution in [0.2, 0.25) is 0 Å². The highest BCUT2D eigenvalue weighted by atomic mass is 16.3. The van der Waals surface area contributed by atoms with Crippen molar-refractivity contribution in [2.24, 2.45) is 0 Å². The Balaban J connectivity index is 2.11. The van der Waals surface area contributed by atoms with Gasteiger partial charge in [-0.25, -0.2) is 0 Å². The maximum absolute atomic E-state index is 12.2. The van der Waals surface area contributed by atoms with E-state index in [1.807, 2.05) is 6.92 Å². The van der Waals surface area contributed by atoms with E-state index in [-0.39, 0.29) is 17.1 Å². The molecule has 0 saturated heterocycles. The summed E-state index contributed by atoms with van der Waals surface area (Å²) in [5, 5.41) is 24.3. The van der Waals surface area contributed by atoms with Gasteiger partial charge in [-0.3, -0.25) is 9.59 Å². The molecule has 0 bridgehead atoms. The minimum absolute atomic E-state index is 0.0133. The third kappa shape index (κ3) is 4.69. The molecule has 0 heterocycles. The van der Waals surface area contributed by atoms with Crippen LogP contribution in [0.5, 0.6) is 5.75 Å². The molecule has 126 valence electrons. The van der Waals surface area contributed by atoms with Gasteiger partial charge in [0.2, 0.25) is 0 Å². The Bertz CT molecular complexity index is 878. The first-order valence-electron chi connectivity index (χ1n) is 7.49. The molecule has 25 heavy (non-hydrogen) atoms. The molecule has 0 aliphatic heterocycles. The zero-order chi connectivity index (χ0) is 18.4. The van der Waals surface area contributed by atoms with Gasteiger partial charge in [-0.05, 0) is 55.8 Å². The second kappa shape index (κ2) is 7.79. The predicted molar refractivity (Wildman–Crippen MR) is 95.2 cm³/mol. The van der Waals surface area contributed by atoms with E-state index in [2.05, 4.69) is 10.6 Å². The molecule has 2 rings (SSSR count). The van der Waals surface area contributed by atoms with Gasteiger partial charge in [-0.2, -0.15) is 5.26 Å². The van der Waals surface area contributed by atoms with Gasteiger partial charge >= 0.3 is 0 Å². The van der Waals surface area contributed by atoms with Crippen LogP contribution >= 0.6 is 0 Å². The summed E-state index contributed by atoms with van der Waals surface area (Å²) in [5.41, 5.74) is 2.16. The number of carbonyl (C=O) groups is 2. The Morgan fingerprint density at radius 3 is 2.44 bits per heavy atom. The quantitative estimate of drug-likeness (QED) is 0.336. The molecule has 3 N–H and O–H groups in total. The molecule has 0 atom stereocenters. The number of amides is 1. The van der Waals surface area contributed by atoms with Crippen molar-refractivity contribution >= 4 is 23.1 Å². The average Bonchev–Trinajstić information content (AvgIpc) is 2.58. The minimum atomic E-state index is -0.599. The lowest BCUT2D eigenvalue weighted by molar-refractivity contribution is -0.112. The summed E-state index contributed by atoms with van der Waals surface area (Å²) in [5.74, 6) is -0.658. The van der Waals surface area contributed by atoms with E-state index in [9.17, 15) is 14.7 Å². The van der Waals surface area contributed by atoms with Crippen LogP contribution in [0.3, 0.4) is 0 Å². The summed E-state index contributed by atoms with van der Waals surface area (Å²) in [4.78, 5) is 23.4. The van der Waals surface area contributed by atoms with Crippen LogP contribution < -0.4 is 10.6 Å². The fourth-order valence-electron chi connectivity index (χ4n) is 2.05. The van der Waals surface area contributed by atoms with Crippen molar-refractivity contribution < 1.29 is 14.7 Å². The van der Waals surface area contributed by atoms with Crippen LogP contribution in [-0.2, 0) is 4.79 Å². The number of phenols is 1. The lowest BCUT2D eigenvalue weighted by Gasteiger charge is -2.07. The molecule has 6 heteroatoms. The van der Waals surface area contributed by atoms with E-state index in [1.54, 1.807) is 42.5 Å². The van der Waals surface area contributed by atoms with Gasteiger partial charge in [0, 0.05) is 17.5 Å². The highest BCUT2D eigenvalue weighted by Gasteiger charge is 2.10. The lowest BCUT2D eigenvalue weighted by Crippen LogP contribution is -2.14. The summed E-state index contributed by atoms with van der Waals surface area (Å²) < 4.78 is 0. The highest BCUT2D eigenvalue weighted by molar-refractivity contribution is 6.07. The molecule has 0 fully saturated rings. The van der Waals surface area contributed by atoms with Crippen LogP contribution in [-0.4, -0.2) is 16.8 Å². The molecule has 0 aliphatic rings. The Hall–Kier alpha value is -3.59. The maximum Gasteiger partial charge on any atom is 0.267 e. The second-order valence-electron chi connectivity index (χ2n) is 5.42. The molecule has 1 amide bonds. The van der Waals surface area contributed by atoms with E-state index in [1.165, 1.54) is 19.2 Å². The monoisotopic (exact) mass is 335 g/mol. The third-order valence-corrected chi connectivity index (χ3v) is 3.44. The van der Waals surface area contributed by atoms with Gasteiger partial charge in [-0.15, -0.1) is 0 Å². The molecule has 2 aromatic rings. The summed E-state index contributed by atoms with van der Waals surface area (Å²) in [6.07, 6.45) is 1.23. The number of hydrogen-bond acceptors (Lipinski definition) is 5. The summed E-state index contributed by atoms with van der Waals surface area (Å²) in [6.45, 7) is 3.31. The first kappa shape index (κ1) is 17.8. The molecule has 2 aromatic carbocycles. The van der Waals surface area contributed by atoms with Gasteiger partial charge in [0.15, 0.2) is 5.78 Å². The predicted octanol–water partition coefficient (Wildman–Crippen LogP) is 3.36. The molecule has 0 spiro atoms. The minimum Gasteiger partial charge on any atom is -0.506 e. The van der Waals surface area contributed by atoms with Crippen molar-refractivity contribution in [3.8, 4) is 11.8 Å². The van der Waals surface area contributed by atoms with Crippen LogP contribution in [0, 0.1) is 18.3 Å². The highest BCUT2D eigenvalue weighted by Crippen LogP contribution is 2.24. The molecular formula is C19H17N3O3. The number of phenolic OH excluding ortho intramolecular Hbond substituents is 1. The Kier molecular flexibility index (Phi) is 5.54. The number of nitrogens with zero attached hydrogens (tertiary/aromatic N) is 1. The van der Waals surface area contributed by atoms with Crippen LogP contribution in [0.1, 0.15) is 22.8 Å². The summed E-state index contributed by atoms with van der Waals surface area (Å²) in [6, 6.07) is 13.1.